The van der Waals surface area contributed by atoms with Gasteiger partial charge >= 0.3 is 0 Å². The molecule has 0 aliphatic heterocycles. The molecule has 5 heteroatoms. The van der Waals surface area contributed by atoms with Crippen molar-refractivity contribution in [2.75, 3.05) is 0 Å². The molecule has 0 aliphatic carbocycles. The van der Waals surface area contributed by atoms with Gasteiger partial charge in [-0.15, -0.1) is 11.3 Å². The van der Waals surface area contributed by atoms with Crippen LogP contribution in [0, 0.1) is 0 Å². The topological polar surface area (TPSA) is 43.1 Å². The van der Waals surface area contributed by atoms with E-state index in [9.17, 15) is 0 Å². The molecule has 0 radical (unpaired) electrons. The number of nitrogens with zero attached hydrogens (tertiary/aromatic N) is 4. The number of thiophene rings is 1. The first-order valence-electron chi connectivity index (χ1n) is 5.55. The van der Waals surface area contributed by atoms with Crippen LogP contribution in [0.15, 0.2) is 48.2 Å². The first-order chi connectivity index (χ1) is 8.93. The Kier molecular flexibility index (Phi) is 1.95. The van der Waals surface area contributed by atoms with Gasteiger partial charge in [-0.3, -0.25) is 0 Å². The van der Waals surface area contributed by atoms with Crippen molar-refractivity contribution in [3.8, 4) is 11.4 Å². The molecule has 0 N–H and O–H groups in total. The van der Waals surface area contributed by atoms with Crippen molar-refractivity contribution in [1.82, 2.24) is 19.6 Å². The second kappa shape index (κ2) is 3.61. The standard InChI is InChI=1S/C13H8N4S/c1-2-4-11-9(3-1)10(7-18-11)13-15-8-14-12-5-6-16-17(12)13/h1-8H. The molecule has 4 aromatic rings. The van der Waals surface area contributed by atoms with Crippen LogP contribution >= 0.6 is 11.3 Å². The highest BCUT2D eigenvalue weighted by Gasteiger charge is 2.11. The van der Waals surface area contributed by atoms with Crippen molar-refractivity contribution >= 4 is 27.1 Å². The number of benzene rings is 1. The van der Waals surface area contributed by atoms with Crippen LogP contribution in [0.25, 0.3) is 27.1 Å². The Hall–Kier alpha value is -2.27. The van der Waals surface area contributed by atoms with Crippen molar-refractivity contribution in [3.05, 3.63) is 48.2 Å². The predicted molar refractivity (Wildman–Crippen MR) is 71.6 cm³/mol. The van der Waals surface area contributed by atoms with E-state index < -0.39 is 0 Å². The van der Waals surface area contributed by atoms with Gasteiger partial charge in [-0.25, -0.2) is 9.97 Å². The average molecular weight is 252 g/mol. The molecule has 0 spiro atoms. The molecule has 0 amide bonds. The number of hydrogen-bond donors (Lipinski definition) is 0. The van der Waals surface area contributed by atoms with Crippen LogP contribution in [-0.2, 0) is 0 Å². The van der Waals surface area contributed by atoms with Crippen LogP contribution < -0.4 is 0 Å². The van der Waals surface area contributed by atoms with E-state index in [2.05, 4.69) is 32.6 Å². The number of hydrogen-bond acceptors (Lipinski definition) is 4. The maximum absolute atomic E-state index is 4.37. The Labute approximate surface area is 107 Å². The molecular weight excluding hydrogens is 244 g/mol. The van der Waals surface area contributed by atoms with Gasteiger partial charge in [-0.05, 0) is 6.07 Å². The zero-order valence-corrected chi connectivity index (χ0v) is 10.1. The summed E-state index contributed by atoms with van der Waals surface area (Å²) in [7, 11) is 0. The van der Waals surface area contributed by atoms with E-state index in [1.165, 1.54) is 10.1 Å². The van der Waals surface area contributed by atoms with E-state index in [0.717, 1.165) is 17.0 Å². The van der Waals surface area contributed by atoms with Crippen LogP contribution in [0.3, 0.4) is 0 Å². The molecular formula is C13H8N4S. The van der Waals surface area contributed by atoms with Gasteiger partial charge in [-0.2, -0.15) is 9.61 Å². The lowest BCUT2D eigenvalue weighted by atomic mass is 10.2. The Bertz CT molecular complexity index is 846. The first kappa shape index (κ1) is 9.73. The van der Waals surface area contributed by atoms with E-state index in [1.54, 1.807) is 28.4 Å². The lowest BCUT2D eigenvalue weighted by Crippen LogP contribution is -1.98. The summed E-state index contributed by atoms with van der Waals surface area (Å²) >= 11 is 1.72. The molecule has 0 saturated carbocycles. The summed E-state index contributed by atoms with van der Waals surface area (Å²) in [5, 5.41) is 7.60. The average Bonchev–Trinajstić information content (AvgIpc) is 3.05. The maximum Gasteiger partial charge on any atom is 0.166 e. The molecule has 0 aliphatic rings. The van der Waals surface area contributed by atoms with Gasteiger partial charge in [0.05, 0.1) is 6.20 Å². The molecule has 86 valence electrons. The number of rotatable bonds is 1. The van der Waals surface area contributed by atoms with Crippen LogP contribution in [-0.4, -0.2) is 19.6 Å². The van der Waals surface area contributed by atoms with Gasteiger partial charge in [0.15, 0.2) is 11.5 Å². The van der Waals surface area contributed by atoms with Crippen molar-refractivity contribution in [1.29, 1.82) is 0 Å². The summed E-state index contributed by atoms with van der Waals surface area (Å²) in [5.41, 5.74) is 1.92. The lowest BCUT2D eigenvalue weighted by molar-refractivity contribution is 0.905. The van der Waals surface area contributed by atoms with E-state index >= 15 is 0 Å². The molecule has 18 heavy (non-hydrogen) atoms. The number of aromatic nitrogens is 4. The van der Waals surface area contributed by atoms with Crippen LogP contribution in [0.5, 0.6) is 0 Å². The molecule has 1 aromatic carbocycles. The molecule has 0 unspecified atom stereocenters. The quantitative estimate of drug-likeness (QED) is 0.523. The van der Waals surface area contributed by atoms with Gasteiger partial charge in [0.25, 0.3) is 0 Å². The fourth-order valence-corrected chi connectivity index (χ4v) is 3.03. The SMILES string of the molecule is c1ccc2c(-c3ncnc4ccnn34)csc2c1. The molecule has 4 nitrogen and oxygen atoms in total. The molecule has 0 bridgehead atoms. The van der Waals surface area contributed by atoms with E-state index in [-0.39, 0.29) is 0 Å². The third kappa shape index (κ3) is 1.28. The third-order valence-corrected chi connectivity index (χ3v) is 3.88. The zero-order chi connectivity index (χ0) is 11.9. The van der Waals surface area contributed by atoms with Crippen LogP contribution in [0.2, 0.25) is 0 Å². The highest BCUT2D eigenvalue weighted by Crippen LogP contribution is 2.32. The Balaban J connectivity index is 2.10. The first-order valence-corrected chi connectivity index (χ1v) is 6.43. The fourth-order valence-electron chi connectivity index (χ4n) is 2.09. The second-order valence-corrected chi connectivity index (χ2v) is 4.86. The summed E-state index contributed by atoms with van der Waals surface area (Å²) in [6.07, 6.45) is 3.32. The molecule has 0 atom stereocenters. The van der Waals surface area contributed by atoms with Crippen molar-refractivity contribution in [3.63, 3.8) is 0 Å². The van der Waals surface area contributed by atoms with E-state index in [4.69, 9.17) is 0 Å². The lowest BCUT2D eigenvalue weighted by Gasteiger charge is -2.01. The summed E-state index contributed by atoms with van der Waals surface area (Å²) < 4.78 is 3.03. The highest BCUT2D eigenvalue weighted by atomic mass is 32.1. The minimum Gasteiger partial charge on any atom is -0.217 e. The predicted octanol–water partition coefficient (Wildman–Crippen LogP) is 3.01. The largest absolute Gasteiger partial charge is 0.217 e. The van der Waals surface area contributed by atoms with Crippen LogP contribution in [0.1, 0.15) is 0 Å². The maximum atomic E-state index is 4.37. The zero-order valence-electron chi connectivity index (χ0n) is 9.32. The van der Waals surface area contributed by atoms with Gasteiger partial charge in [-0.1, -0.05) is 18.2 Å². The van der Waals surface area contributed by atoms with Crippen LogP contribution in [0.4, 0.5) is 0 Å². The minimum absolute atomic E-state index is 0.815. The Morgan fingerprint density at radius 1 is 1.06 bits per heavy atom. The van der Waals surface area contributed by atoms with Gasteiger partial charge in [0, 0.05) is 27.1 Å². The fraction of sp³-hybridized carbons (Fsp3) is 0. The Morgan fingerprint density at radius 3 is 3.00 bits per heavy atom. The molecule has 3 aromatic heterocycles. The summed E-state index contributed by atoms with van der Waals surface area (Å²) in [4.78, 5) is 8.55. The number of fused-ring (bicyclic) bond motifs is 2. The monoisotopic (exact) mass is 252 g/mol. The smallest absolute Gasteiger partial charge is 0.166 e. The summed E-state index contributed by atoms with van der Waals surface area (Å²) in [6, 6.07) is 10.2. The van der Waals surface area contributed by atoms with E-state index in [1.807, 2.05) is 18.2 Å². The molecule has 0 saturated heterocycles. The van der Waals surface area contributed by atoms with Crippen molar-refractivity contribution in [2.24, 2.45) is 0 Å². The second-order valence-electron chi connectivity index (χ2n) is 3.94. The minimum atomic E-state index is 0.815. The molecule has 0 fully saturated rings. The summed E-state index contributed by atoms with van der Waals surface area (Å²) in [6.45, 7) is 0. The summed E-state index contributed by atoms with van der Waals surface area (Å²) in [5.74, 6) is 0.836. The third-order valence-electron chi connectivity index (χ3n) is 2.92. The van der Waals surface area contributed by atoms with Gasteiger partial charge in [0.2, 0.25) is 0 Å². The van der Waals surface area contributed by atoms with E-state index in [0.29, 0.717) is 0 Å². The van der Waals surface area contributed by atoms with Crippen molar-refractivity contribution in [2.45, 2.75) is 0 Å². The molecule has 3 heterocycles. The Morgan fingerprint density at radius 2 is 2.00 bits per heavy atom. The highest BCUT2D eigenvalue weighted by molar-refractivity contribution is 7.17. The van der Waals surface area contributed by atoms with Gasteiger partial charge in [0.1, 0.15) is 6.33 Å². The molecule has 4 rings (SSSR count). The van der Waals surface area contributed by atoms with Gasteiger partial charge < -0.3 is 0 Å². The van der Waals surface area contributed by atoms with Crippen molar-refractivity contribution < 1.29 is 0 Å². The normalized spacial score (nSPS) is 11.3.